The maximum atomic E-state index is 14.2. The lowest BCUT2D eigenvalue weighted by molar-refractivity contribution is -0.142. The van der Waals surface area contributed by atoms with E-state index in [1.807, 2.05) is 5.32 Å². The maximum absolute atomic E-state index is 14.2. The van der Waals surface area contributed by atoms with Gasteiger partial charge in [0.1, 0.15) is 17.6 Å². The number of pyridine rings is 1. The lowest BCUT2D eigenvalue weighted by atomic mass is 10.1. The molecule has 2 amide bonds. The zero-order valence-corrected chi connectivity index (χ0v) is 22.1. The van der Waals surface area contributed by atoms with Gasteiger partial charge in [0.2, 0.25) is 0 Å². The van der Waals surface area contributed by atoms with E-state index < -0.39 is 64.9 Å². The average Bonchev–Trinajstić information content (AvgIpc) is 3.45. The Kier molecular flexibility index (Phi) is 8.65. The van der Waals surface area contributed by atoms with Gasteiger partial charge < -0.3 is 20.6 Å². The molecule has 3 N–H and O–H groups in total. The summed E-state index contributed by atoms with van der Waals surface area (Å²) in [6.45, 7) is 7.89. The number of allylic oxidation sites excluding steroid dienone is 1. The van der Waals surface area contributed by atoms with Gasteiger partial charge in [0.25, 0.3) is 11.8 Å². The number of hydrogen-bond donors (Lipinski definition) is 3. The highest BCUT2D eigenvalue weighted by atomic mass is 32.1. The lowest BCUT2D eigenvalue weighted by Crippen LogP contribution is -2.38. The molecule has 0 bridgehead atoms. The minimum absolute atomic E-state index is 0.208. The summed E-state index contributed by atoms with van der Waals surface area (Å²) in [7, 11) is 0. The summed E-state index contributed by atoms with van der Waals surface area (Å²) in [6.07, 6.45) is -8.47. The Morgan fingerprint density at radius 1 is 1.23 bits per heavy atom. The van der Waals surface area contributed by atoms with Crippen molar-refractivity contribution in [3.63, 3.8) is 0 Å². The number of rotatable bonds is 8. The van der Waals surface area contributed by atoms with Crippen LogP contribution in [0.25, 0.3) is 10.4 Å². The number of thiazole rings is 1. The van der Waals surface area contributed by atoms with Gasteiger partial charge in [-0.1, -0.05) is 13.5 Å². The molecule has 15 heteroatoms. The summed E-state index contributed by atoms with van der Waals surface area (Å²) >= 11 is 0.496. The highest BCUT2D eigenvalue weighted by molar-refractivity contribution is 7.17. The molecule has 8 nitrogen and oxygen atoms in total. The Morgan fingerprint density at radius 3 is 2.41 bits per heavy atom. The molecule has 214 valence electrons. The molecule has 0 aliphatic carbocycles. The standard InChI is InChI=1S/C24H27F6N5O3S/c1-5-15(24(28,29)30)33-16-9-14(23(25,26)27)13(10-31-16)18-17(21(37)35-8-6-7-12(35)2)34-20(39-18)19(36)32-11-22(3,4)38/h9-10,15,38H,2,5-8,11H2,1,3-4H3,(H,31,33)(H,32,36)/t15-/m0/s1. The van der Waals surface area contributed by atoms with E-state index in [1.165, 1.54) is 25.7 Å². The molecule has 0 aromatic carbocycles. The van der Waals surface area contributed by atoms with Crippen molar-refractivity contribution in [1.29, 1.82) is 0 Å². The van der Waals surface area contributed by atoms with Gasteiger partial charge in [-0.25, -0.2) is 9.97 Å². The molecule has 1 aliphatic heterocycles. The van der Waals surface area contributed by atoms with Crippen molar-refractivity contribution in [2.24, 2.45) is 0 Å². The number of alkyl halides is 6. The number of carbonyl (C=O) groups is 2. The molecule has 2 aromatic rings. The Morgan fingerprint density at radius 2 is 1.90 bits per heavy atom. The highest BCUT2D eigenvalue weighted by Crippen LogP contribution is 2.42. The molecule has 0 spiro atoms. The number of carbonyl (C=O) groups excluding carboxylic acids is 2. The van der Waals surface area contributed by atoms with E-state index >= 15 is 0 Å². The SMILES string of the molecule is C=C1CCCN1C(=O)c1nc(C(=O)NCC(C)(C)O)sc1-c1cnc(N[C@@H](CC)C(F)(F)F)cc1C(F)(F)F. The fourth-order valence-corrected chi connectivity index (χ4v) is 4.77. The topological polar surface area (TPSA) is 107 Å². The molecule has 0 saturated carbocycles. The minimum Gasteiger partial charge on any atom is -0.389 e. The zero-order chi connectivity index (χ0) is 29.3. The van der Waals surface area contributed by atoms with Crippen LogP contribution in [0.2, 0.25) is 0 Å². The number of anilines is 1. The summed E-state index contributed by atoms with van der Waals surface area (Å²) in [5.41, 5.74) is -3.31. The summed E-state index contributed by atoms with van der Waals surface area (Å²) in [5, 5.41) is 13.9. The van der Waals surface area contributed by atoms with E-state index in [4.69, 9.17) is 0 Å². The number of aromatic nitrogens is 2. The lowest BCUT2D eigenvalue weighted by Gasteiger charge is -2.22. The number of nitrogens with zero attached hydrogens (tertiary/aromatic N) is 3. The van der Waals surface area contributed by atoms with Crippen molar-refractivity contribution in [3.05, 3.63) is 40.8 Å². The number of nitrogens with one attached hydrogen (secondary N) is 2. The van der Waals surface area contributed by atoms with Crippen LogP contribution in [0.4, 0.5) is 32.2 Å². The largest absolute Gasteiger partial charge is 0.417 e. The van der Waals surface area contributed by atoms with Gasteiger partial charge in [0, 0.05) is 30.5 Å². The van der Waals surface area contributed by atoms with Crippen LogP contribution in [0.1, 0.15) is 65.9 Å². The van der Waals surface area contributed by atoms with Crippen molar-refractivity contribution in [2.45, 2.75) is 64.0 Å². The fourth-order valence-electron chi connectivity index (χ4n) is 3.77. The van der Waals surface area contributed by atoms with Gasteiger partial charge in [0.15, 0.2) is 5.01 Å². The van der Waals surface area contributed by atoms with E-state index in [0.29, 0.717) is 42.1 Å². The Labute approximate surface area is 224 Å². The van der Waals surface area contributed by atoms with Crippen LogP contribution in [0.3, 0.4) is 0 Å². The van der Waals surface area contributed by atoms with E-state index in [1.54, 1.807) is 0 Å². The van der Waals surface area contributed by atoms with Crippen LogP contribution >= 0.6 is 11.3 Å². The molecular formula is C24H27F6N5O3S. The smallest absolute Gasteiger partial charge is 0.389 e. The first-order valence-electron chi connectivity index (χ1n) is 11.8. The van der Waals surface area contributed by atoms with Crippen molar-refractivity contribution in [1.82, 2.24) is 20.2 Å². The van der Waals surface area contributed by atoms with Crippen molar-refractivity contribution < 1.29 is 41.0 Å². The molecule has 3 heterocycles. The molecule has 3 rings (SSSR count). The maximum Gasteiger partial charge on any atom is 0.417 e. The summed E-state index contributed by atoms with van der Waals surface area (Å²) in [4.78, 5) is 34.8. The zero-order valence-electron chi connectivity index (χ0n) is 21.3. The van der Waals surface area contributed by atoms with Crippen molar-refractivity contribution in [3.8, 4) is 10.4 Å². The highest BCUT2D eigenvalue weighted by Gasteiger charge is 2.41. The number of aliphatic hydroxyl groups is 1. The van der Waals surface area contributed by atoms with Gasteiger partial charge in [-0.15, -0.1) is 11.3 Å². The number of likely N-dealkylation sites (tertiary alicyclic amines) is 1. The molecule has 2 aromatic heterocycles. The van der Waals surface area contributed by atoms with Crippen LogP contribution < -0.4 is 10.6 Å². The second kappa shape index (κ2) is 11.1. The summed E-state index contributed by atoms with van der Waals surface area (Å²) in [5.74, 6) is -2.27. The minimum atomic E-state index is -5.06. The second-order valence-corrected chi connectivity index (χ2v) is 10.6. The molecule has 39 heavy (non-hydrogen) atoms. The van der Waals surface area contributed by atoms with E-state index in [0.717, 1.165) is 0 Å². The predicted octanol–water partition coefficient (Wildman–Crippen LogP) is 5.23. The monoisotopic (exact) mass is 579 g/mol. The second-order valence-electron chi connectivity index (χ2n) is 9.58. The third-order valence-corrected chi connectivity index (χ3v) is 6.85. The molecule has 1 aliphatic rings. The van der Waals surface area contributed by atoms with Crippen molar-refractivity contribution in [2.75, 3.05) is 18.4 Å². The first-order chi connectivity index (χ1) is 17.9. The predicted molar refractivity (Wildman–Crippen MR) is 132 cm³/mol. The van der Waals surface area contributed by atoms with E-state index in [2.05, 4.69) is 21.9 Å². The molecule has 1 fully saturated rings. The molecular weight excluding hydrogens is 552 g/mol. The van der Waals surface area contributed by atoms with Gasteiger partial charge in [-0.3, -0.25) is 9.59 Å². The molecule has 1 saturated heterocycles. The van der Waals surface area contributed by atoms with Crippen molar-refractivity contribution >= 4 is 29.0 Å². The first-order valence-corrected chi connectivity index (χ1v) is 12.7. The van der Waals surface area contributed by atoms with Gasteiger partial charge in [0.05, 0.1) is 16.0 Å². The first kappa shape index (κ1) is 30.3. The van der Waals surface area contributed by atoms with Gasteiger partial charge in [-0.2, -0.15) is 26.3 Å². The summed E-state index contributed by atoms with van der Waals surface area (Å²) in [6, 6.07) is -1.70. The van der Waals surface area contributed by atoms with Crippen LogP contribution in [-0.4, -0.2) is 62.7 Å². The van der Waals surface area contributed by atoms with E-state index in [9.17, 15) is 41.0 Å². The van der Waals surface area contributed by atoms with Crippen LogP contribution in [0.5, 0.6) is 0 Å². The molecule has 1 atom stereocenters. The van der Waals surface area contributed by atoms with Crippen LogP contribution in [0.15, 0.2) is 24.5 Å². The molecule has 0 radical (unpaired) electrons. The van der Waals surface area contributed by atoms with E-state index in [-0.39, 0.29) is 23.0 Å². The fraction of sp³-hybridized carbons (Fsp3) is 0.500. The quantitative estimate of drug-likeness (QED) is 0.370. The Balaban J connectivity index is 2.13. The van der Waals surface area contributed by atoms with Crippen LogP contribution in [-0.2, 0) is 6.18 Å². The summed E-state index contributed by atoms with van der Waals surface area (Å²) < 4.78 is 82.1. The van der Waals surface area contributed by atoms with Gasteiger partial charge in [-0.05, 0) is 39.2 Å². The third-order valence-electron chi connectivity index (χ3n) is 5.76. The Bertz CT molecular complexity index is 1250. The van der Waals surface area contributed by atoms with Crippen LogP contribution in [0, 0.1) is 0 Å². The Hall–Kier alpha value is -3.20. The normalized spacial score (nSPS) is 15.4. The number of hydrogen-bond acceptors (Lipinski definition) is 7. The third kappa shape index (κ3) is 7.26. The molecule has 0 unspecified atom stereocenters. The number of amides is 2. The average molecular weight is 580 g/mol. The van der Waals surface area contributed by atoms with Gasteiger partial charge >= 0.3 is 12.4 Å². The number of halogens is 6.